The molecule has 0 bridgehead atoms. The molecule has 2 rings (SSSR count). The fourth-order valence-corrected chi connectivity index (χ4v) is 3.11. The van der Waals surface area contributed by atoms with E-state index in [0.717, 1.165) is 24.5 Å². The largest absolute Gasteiger partial charge is 0.493 e. The Kier molecular flexibility index (Phi) is 5.04. The van der Waals surface area contributed by atoms with Crippen molar-refractivity contribution >= 4 is 28.3 Å². The van der Waals surface area contributed by atoms with Gasteiger partial charge in [-0.3, -0.25) is 0 Å². The van der Waals surface area contributed by atoms with E-state index in [-0.39, 0.29) is 5.54 Å². The standard InChI is InChI=1S/C16H24INO2/c1-16(2,3)18-8-6-5-7-12-9-15(20-11-17)14(19-4)10-13(12)18/h9-10H,5-8,11H2,1-4H3. The number of halogens is 1. The number of hydrogen-bond donors (Lipinski definition) is 0. The van der Waals surface area contributed by atoms with E-state index in [1.807, 2.05) is 0 Å². The molecular formula is C16H24INO2. The number of anilines is 1. The Morgan fingerprint density at radius 2 is 1.95 bits per heavy atom. The number of alkyl halides is 1. The van der Waals surface area contributed by atoms with Gasteiger partial charge in [-0.05, 0) is 74.3 Å². The minimum atomic E-state index is 0.121. The SMILES string of the molecule is COc1cc2c(cc1OCI)CCCCN2C(C)(C)C. The van der Waals surface area contributed by atoms with Gasteiger partial charge in [0.1, 0.15) is 4.61 Å². The lowest BCUT2D eigenvalue weighted by Crippen LogP contribution is -2.42. The topological polar surface area (TPSA) is 21.7 Å². The minimum Gasteiger partial charge on any atom is -0.493 e. The van der Waals surface area contributed by atoms with Crippen LogP contribution >= 0.6 is 22.6 Å². The van der Waals surface area contributed by atoms with Crippen LogP contribution in [-0.2, 0) is 6.42 Å². The quantitative estimate of drug-likeness (QED) is 0.565. The van der Waals surface area contributed by atoms with Crippen LogP contribution in [0.15, 0.2) is 12.1 Å². The summed E-state index contributed by atoms with van der Waals surface area (Å²) in [6.07, 6.45) is 3.58. The lowest BCUT2D eigenvalue weighted by molar-refractivity contribution is 0.349. The molecule has 1 aromatic rings. The van der Waals surface area contributed by atoms with Crippen molar-refractivity contribution in [1.82, 2.24) is 0 Å². The van der Waals surface area contributed by atoms with Crippen LogP contribution in [0.5, 0.6) is 11.5 Å². The predicted octanol–water partition coefficient (Wildman–Crippen LogP) is 4.41. The first kappa shape index (κ1) is 15.7. The lowest BCUT2D eigenvalue weighted by atomic mass is 10.0. The summed E-state index contributed by atoms with van der Waals surface area (Å²) in [4.78, 5) is 2.49. The van der Waals surface area contributed by atoms with Gasteiger partial charge in [-0.15, -0.1) is 0 Å². The Labute approximate surface area is 135 Å². The summed E-state index contributed by atoms with van der Waals surface area (Å²) in [6, 6.07) is 4.31. The third-order valence-electron chi connectivity index (χ3n) is 3.75. The molecule has 0 atom stereocenters. The molecule has 1 aliphatic rings. The Bertz CT molecular complexity index is 468. The van der Waals surface area contributed by atoms with Gasteiger partial charge < -0.3 is 14.4 Å². The molecule has 0 aromatic heterocycles. The minimum absolute atomic E-state index is 0.121. The van der Waals surface area contributed by atoms with Crippen molar-refractivity contribution in [1.29, 1.82) is 0 Å². The first-order chi connectivity index (χ1) is 9.47. The van der Waals surface area contributed by atoms with E-state index in [1.165, 1.54) is 24.1 Å². The molecule has 1 aromatic carbocycles. The molecular weight excluding hydrogens is 365 g/mol. The highest BCUT2D eigenvalue weighted by Gasteiger charge is 2.26. The van der Waals surface area contributed by atoms with Crippen LogP contribution in [-0.4, -0.2) is 23.8 Å². The normalized spacial score (nSPS) is 15.6. The van der Waals surface area contributed by atoms with Crippen molar-refractivity contribution < 1.29 is 9.47 Å². The average molecular weight is 389 g/mol. The Hall–Kier alpha value is -0.650. The molecule has 4 heteroatoms. The van der Waals surface area contributed by atoms with Gasteiger partial charge in [0, 0.05) is 23.8 Å². The molecule has 0 spiro atoms. The molecule has 0 saturated heterocycles. The van der Waals surface area contributed by atoms with E-state index in [2.05, 4.69) is 60.4 Å². The zero-order valence-corrected chi connectivity index (χ0v) is 15.0. The van der Waals surface area contributed by atoms with Crippen LogP contribution in [0.2, 0.25) is 0 Å². The maximum atomic E-state index is 5.70. The molecule has 0 saturated carbocycles. The van der Waals surface area contributed by atoms with E-state index < -0.39 is 0 Å². The monoisotopic (exact) mass is 389 g/mol. The molecule has 1 aliphatic heterocycles. The second-order valence-corrected chi connectivity index (χ2v) is 6.79. The number of methoxy groups -OCH3 is 1. The van der Waals surface area contributed by atoms with Gasteiger partial charge in [-0.1, -0.05) is 0 Å². The van der Waals surface area contributed by atoms with Crippen LogP contribution in [0, 0.1) is 0 Å². The van der Waals surface area contributed by atoms with Crippen LogP contribution in [0.25, 0.3) is 0 Å². The molecule has 0 fully saturated rings. The van der Waals surface area contributed by atoms with E-state index >= 15 is 0 Å². The van der Waals surface area contributed by atoms with Gasteiger partial charge in [-0.2, -0.15) is 0 Å². The molecule has 0 amide bonds. The van der Waals surface area contributed by atoms with E-state index in [0.29, 0.717) is 4.61 Å². The molecule has 0 unspecified atom stereocenters. The zero-order valence-electron chi connectivity index (χ0n) is 12.8. The molecule has 1 heterocycles. The molecule has 20 heavy (non-hydrogen) atoms. The summed E-state index contributed by atoms with van der Waals surface area (Å²) in [6.45, 7) is 7.91. The first-order valence-electron chi connectivity index (χ1n) is 7.14. The molecule has 0 radical (unpaired) electrons. The van der Waals surface area contributed by atoms with Crippen LogP contribution in [0.4, 0.5) is 5.69 Å². The lowest BCUT2D eigenvalue weighted by Gasteiger charge is -2.38. The average Bonchev–Trinajstić information content (AvgIpc) is 2.59. The maximum Gasteiger partial charge on any atom is 0.162 e. The first-order valence-corrected chi connectivity index (χ1v) is 8.67. The second kappa shape index (κ2) is 6.41. The molecule has 0 aliphatic carbocycles. The molecule has 0 N–H and O–H groups in total. The van der Waals surface area contributed by atoms with E-state index in [1.54, 1.807) is 7.11 Å². The smallest absolute Gasteiger partial charge is 0.162 e. The summed E-state index contributed by atoms with van der Waals surface area (Å²) in [7, 11) is 1.71. The molecule has 112 valence electrons. The second-order valence-electron chi connectivity index (χ2n) is 6.16. The van der Waals surface area contributed by atoms with Crippen LogP contribution in [0.3, 0.4) is 0 Å². The number of fused-ring (bicyclic) bond motifs is 1. The zero-order chi connectivity index (χ0) is 14.8. The fourth-order valence-electron chi connectivity index (χ4n) is 2.78. The van der Waals surface area contributed by atoms with Crippen molar-refractivity contribution in [2.24, 2.45) is 0 Å². The highest BCUT2D eigenvalue weighted by Crippen LogP contribution is 2.40. The predicted molar refractivity (Wildman–Crippen MR) is 92.5 cm³/mol. The Balaban J connectivity index is 2.50. The third kappa shape index (κ3) is 3.32. The van der Waals surface area contributed by atoms with Crippen LogP contribution in [0.1, 0.15) is 39.2 Å². The van der Waals surface area contributed by atoms with Crippen molar-refractivity contribution in [2.75, 3.05) is 23.2 Å². The fraction of sp³-hybridized carbons (Fsp3) is 0.625. The number of ether oxygens (including phenoxy) is 2. The highest BCUT2D eigenvalue weighted by atomic mass is 127. The van der Waals surface area contributed by atoms with Gasteiger partial charge in [0.15, 0.2) is 11.5 Å². The summed E-state index contributed by atoms with van der Waals surface area (Å²) in [5, 5.41) is 0. The van der Waals surface area contributed by atoms with Gasteiger partial charge in [0.25, 0.3) is 0 Å². The van der Waals surface area contributed by atoms with Gasteiger partial charge in [0.2, 0.25) is 0 Å². The number of nitrogens with zero attached hydrogens (tertiary/aromatic N) is 1. The highest BCUT2D eigenvalue weighted by molar-refractivity contribution is 14.1. The number of rotatable bonds is 3. The number of hydrogen-bond acceptors (Lipinski definition) is 3. The summed E-state index contributed by atoms with van der Waals surface area (Å²) in [5.74, 6) is 1.69. The van der Waals surface area contributed by atoms with Crippen molar-refractivity contribution in [3.8, 4) is 11.5 Å². The van der Waals surface area contributed by atoms with Crippen molar-refractivity contribution in [2.45, 2.75) is 45.6 Å². The van der Waals surface area contributed by atoms with Gasteiger partial charge in [0.05, 0.1) is 7.11 Å². The Morgan fingerprint density at radius 1 is 1.20 bits per heavy atom. The Morgan fingerprint density at radius 3 is 2.55 bits per heavy atom. The summed E-state index contributed by atoms with van der Waals surface area (Å²) in [5.41, 5.74) is 2.79. The number of benzene rings is 1. The van der Waals surface area contributed by atoms with Crippen molar-refractivity contribution in [3.63, 3.8) is 0 Å². The van der Waals surface area contributed by atoms with Crippen molar-refractivity contribution in [3.05, 3.63) is 17.7 Å². The van der Waals surface area contributed by atoms with Gasteiger partial charge in [-0.25, -0.2) is 0 Å². The van der Waals surface area contributed by atoms with E-state index in [4.69, 9.17) is 9.47 Å². The summed E-state index contributed by atoms with van der Waals surface area (Å²) >= 11 is 2.22. The maximum absolute atomic E-state index is 5.70. The van der Waals surface area contributed by atoms with Crippen LogP contribution < -0.4 is 14.4 Å². The summed E-state index contributed by atoms with van der Waals surface area (Å²) < 4.78 is 11.8. The van der Waals surface area contributed by atoms with E-state index in [9.17, 15) is 0 Å². The number of aryl methyl sites for hydroxylation is 1. The van der Waals surface area contributed by atoms with Gasteiger partial charge >= 0.3 is 0 Å². The molecule has 3 nitrogen and oxygen atoms in total. The third-order valence-corrected chi connectivity index (χ3v) is 4.06.